The molecule has 3 aromatic rings. The van der Waals surface area contributed by atoms with Crippen LogP contribution in [0.1, 0.15) is 9.67 Å². The van der Waals surface area contributed by atoms with E-state index in [0.29, 0.717) is 32.7 Å². The lowest BCUT2D eigenvalue weighted by Crippen LogP contribution is -2.50. The third kappa shape index (κ3) is 4.18. The molecule has 0 bridgehead atoms. The van der Waals surface area contributed by atoms with Gasteiger partial charge in [-0.3, -0.25) is 14.5 Å². The minimum Gasteiger partial charge on any atom is -0.335 e. The largest absolute Gasteiger partial charge is 0.335 e. The van der Waals surface area contributed by atoms with Gasteiger partial charge in [0, 0.05) is 36.6 Å². The number of para-hydroxylation sites is 1. The summed E-state index contributed by atoms with van der Waals surface area (Å²) in [6, 6.07) is 19.5. The number of thiophene rings is 1. The third-order valence-electron chi connectivity index (χ3n) is 4.72. The van der Waals surface area contributed by atoms with Gasteiger partial charge in [0.2, 0.25) is 5.91 Å². The fourth-order valence-electron chi connectivity index (χ4n) is 3.28. The van der Waals surface area contributed by atoms with Crippen molar-refractivity contribution in [3.8, 4) is 0 Å². The van der Waals surface area contributed by atoms with Crippen LogP contribution in [-0.4, -0.2) is 54.3 Å². The Labute approximate surface area is 162 Å². The summed E-state index contributed by atoms with van der Waals surface area (Å²) in [4.78, 5) is 29.7. The first-order valence-corrected chi connectivity index (χ1v) is 9.86. The predicted octanol–water partition coefficient (Wildman–Crippen LogP) is 3.30. The highest BCUT2D eigenvalue weighted by atomic mass is 32.1. The number of hydrogen-bond donors (Lipinski definition) is 1. The van der Waals surface area contributed by atoms with Gasteiger partial charge in [-0.15, -0.1) is 11.3 Å². The van der Waals surface area contributed by atoms with E-state index in [1.807, 2.05) is 65.6 Å². The summed E-state index contributed by atoms with van der Waals surface area (Å²) in [5.74, 6) is 0.0649. The second-order valence-corrected chi connectivity index (χ2v) is 7.71. The molecule has 2 aromatic carbocycles. The molecule has 1 N–H and O–H groups in total. The van der Waals surface area contributed by atoms with Gasteiger partial charge in [0.15, 0.2) is 0 Å². The van der Waals surface area contributed by atoms with E-state index in [0.717, 1.165) is 20.7 Å². The Morgan fingerprint density at radius 3 is 2.37 bits per heavy atom. The summed E-state index contributed by atoms with van der Waals surface area (Å²) < 4.78 is 1.14. The standard InChI is InChI=1S/C21H21N3O2S/c25-20(22-17-7-2-1-3-8-17)15-23-10-12-24(13-11-23)21(26)19-14-16-6-4-5-9-18(16)27-19/h1-9,14H,10-13,15H2,(H,22,25). The molecule has 0 spiro atoms. The Kier molecular flexibility index (Phi) is 5.18. The molecular weight excluding hydrogens is 358 g/mol. The first-order valence-electron chi connectivity index (χ1n) is 9.04. The van der Waals surface area contributed by atoms with Crippen molar-refractivity contribution < 1.29 is 9.59 Å². The van der Waals surface area contributed by atoms with Crippen molar-refractivity contribution in [2.75, 3.05) is 38.0 Å². The zero-order chi connectivity index (χ0) is 18.6. The van der Waals surface area contributed by atoms with Crippen LogP contribution in [0.4, 0.5) is 5.69 Å². The lowest BCUT2D eigenvalue weighted by atomic mass is 10.2. The third-order valence-corrected chi connectivity index (χ3v) is 5.82. The van der Waals surface area contributed by atoms with Gasteiger partial charge in [-0.25, -0.2) is 0 Å². The minimum absolute atomic E-state index is 0.0227. The summed E-state index contributed by atoms with van der Waals surface area (Å²) in [6.07, 6.45) is 0. The lowest BCUT2D eigenvalue weighted by Gasteiger charge is -2.34. The van der Waals surface area contributed by atoms with Gasteiger partial charge in [-0.1, -0.05) is 36.4 Å². The molecule has 0 saturated carbocycles. The van der Waals surface area contributed by atoms with Crippen LogP contribution in [0, 0.1) is 0 Å². The lowest BCUT2D eigenvalue weighted by molar-refractivity contribution is -0.117. The van der Waals surface area contributed by atoms with Crippen LogP contribution in [0.25, 0.3) is 10.1 Å². The SMILES string of the molecule is O=C(CN1CCN(C(=O)c2cc3ccccc3s2)CC1)Nc1ccccc1. The van der Waals surface area contributed by atoms with Crippen molar-refractivity contribution in [2.24, 2.45) is 0 Å². The number of nitrogens with one attached hydrogen (secondary N) is 1. The fraction of sp³-hybridized carbons (Fsp3) is 0.238. The molecule has 27 heavy (non-hydrogen) atoms. The van der Waals surface area contributed by atoms with Crippen molar-refractivity contribution >= 4 is 38.9 Å². The summed E-state index contributed by atoms with van der Waals surface area (Å²) in [5.41, 5.74) is 0.807. The Balaban J connectivity index is 1.30. The number of fused-ring (bicyclic) bond motifs is 1. The van der Waals surface area contributed by atoms with E-state index in [-0.39, 0.29) is 11.8 Å². The van der Waals surface area contributed by atoms with Crippen molar-refractivity contribution in [1.82, 2.24) is 9.80 Å². The maximum absolute atomic E-state index is 12.8. The van der Waals surface area contributed by atoms with Gasteiger partial charge in [0.05, 0.1) is 11.4 Å². The van der Waals surface area contributed by atoms with E-state index < -0.39 is 0 Å². The average molecular weight is 379 g/mol. The molecule has 5 nitrogen and oxygen atoms in total. The number of anilines is 1. The summed E-state index contributed by atoms with van der Waals surface area (Å²) in [6.45, 7) is 3.05. The van der Waals surface area contributed by atoms with Gasteiger partial charge in [-0.05, 0) is 29.7 Å². The van der Waals surface area contributed by atoms with Crippen LogP contribution in [0.2, 0.25) is 0 Å². The highest BCUT2D eigenvalue weighted by Gasteiger charge is 2.24. The first kappa shape index (κ1) is 17.7. The second-order valence-electron chi connectivity index (χ2n) is 6.63. The molecule has 0 atom stereocenters. The maximum atomic E-state index is 12.8. The number of nitrogens with zero attached hydrogens (tertiary/aromatic N) is 2. The highest BCUT2D eigenvalue weighted by molar-refractivity contribution is 7.20. The smallest absolute Gasteiger partial charge is 0.264 e. The number of amides is 2. The number of hydrogen-bond acceptors (Lipinski definition) is 4. The van der Waals surface area contributed by atoms with Crippen molar-refractivity contribution in [2.45, 2.75) is 0 Å². The molecule has 1 fully saturated rings. The molecule has 1 aliphatic heterocycles. The molecule has 6 heteroatoms. The molecule has 4 rings (SSSR count). The van der Waals surface area contributed by atoms with Crippen molar-refractivity contribution in [1.29, 1.82) is 0 Å². The van der Waals surface area contributed by atoms with Crippen LogP contribution in [-0.2, 0) is 4.79 Å². The summed E-state index contributed by atoms with van der Waals surface area (Å²) in [7, 11) is 0. The molecular formula is C21H21N3O2S. The number of piperazine rings is 1. The first-order chi connectivity index (χ1) is 13.2. The van der Waals surface area contributed by atoms with Crippen molar-refractivity contribution in [3.05, 3.63) is 65.5 Å². The zero-order valence-corrected chi connectivity index (χ0v) is 15.7. The molecule has 1 aromatic heterocycles. The van der Waals surface area contributed by atoms with E-state index in [1.54, 1.807) is 11.3 Å². The van der Waals surface area contributed by atoms with Gasteiger partial charge >= 0.3 is 0 Å². The van der Waals surface area contributed by atoms with E-state index in [1.165, 1.54) is 0 Å². The Bertz CT molecular complexity index is 913. The van der Waals surface area contributed by atoms with Crippen molar-refractivity contribution in [3.63, 3.8) is 0 Å². The van der Waals surface area contributed by atoms with E-state index >= 15 is 0 Å². The highest BCUT2D eigenvalue weighted by Crippen LogP contribution is 2.26. The van der Waals surface area contributed by atoms with Gasteiger partial charge in [0.25, 0.3) is 5.91 Å². The quantitative estimate of drug-likeness (QED) is 0.757. The van der Waals surface area contributed by atoms with E-state index in [2.05, 4.69) is 10.2 Å². The summed E-state index contributed by atoms with van der Waals surface area (Å²) >= 11 is 1.54. The Morgan fingerprint density at radius 2 is 1.63 bits per heavy atom. The maximum Gasteiger partial charge on any atom is 0.264 e. The molecule has 0 aliphatic carbocycles. The number of carbonyl (C=O) groups is 2. The van der Waals surface area contributed by atoms with Crippen LogP contribution in [0.3, 0.4) is 0 Å². The normalized spacial score (nSPS) is 15.0. The zero-order valence-electron chi connectivity index (χ0n) is 14.9. The van der Waals surface area contributed by atoms with Gasteiger partial charge in [-0.2, -0.15) is 0 Å². The molecule has 0 unspecified atom stereocenters. The van der Waals surface area contributed by atoms with Crippen LogP contribution >= 0.6 is 11.3 Å². The molecule has 1 saturated heterocycles. The molecule has 1 aliphatic rings. The summed E-state index contributed by atoms with van der Waals surface area (Å²) in [5, 5.41) is 4.02. The number of benzene rings is 2. The van der Waals surface area contributed by atoms with Gasteiger partial charge < -0.3 is 10.2 Å². The molecule has 2 heterocycles. The second kappa shape index (κ2) is 7.90. The Morgan fingerprint density at radius 1 is 0.926 bits per heavy atom. The van der Waals surface area contributed by atoms with Crippen LogP contribution in [0.5, 0.6) is 0 Å². The number of rotatable bonds is 4. The Hall–Kier alpha value is -2.70. The van der Waals surface area contributed by atoms with Gasteiger partial charge in [0.1, 0.15) is 0 Å². The van der Waals surface area contributed by atoms with E-state index in [9.17, 15) is 9.59 Å². The minimum atomic E-state index is -0.0227. The topological polar surface area (TPSA) is 52.7 Å². The monoisotopic (exact) mass is 379 g/mol. The predicted molar refractivity (Wildman–Crippen MR) is 109 cm³/mol. The van der Waals surface area contributed by atoms with Crippen LogP contribution < -0.4 is 5.32 Å². The average Bonchev–Trinajstić information content (AvgIpc) is 3.13. The molecule has 2 amide bonds. The fourth-order valence-corrected chi connectivity index (χ4v) is 4.31. The van der Waals surface area contributed by atoms with Crippen LogP contribution in [0.15, 0.2) is 60.7 Å². The molecule has 0 radical (unpaired) electrons. The van der Waals surface area contributed by atoms with E-state index in [4.69, 9.17) is 0 Å². The number of carbonyl (C=O) groups excluding carboxylic acids is 2. The molecule has 138 valence electrons.